The molecule has 6 nitrogen and oxygen atoms in total. The van der Waals surface area contributed by atoms with Crippen molar-refractivity contribution < 1.29 is 27.4 Å². The van der Waals surface area contributed by atoms with Crippen LogP contribution in [0.15, 0.2) is 23.1 Å². The van der Waals surface area contributed by atoms with E-state index in [0.717, 1.165) is 18.2 Å². The Hall–Kier alpha value is -1.51. The van der Waals surface area contributed by atoms with Gasteiger partial charge in [0.1, 0.15) is 5.82 Å². The van der Waals surface area contributed by atoms with Crippen molar-refractivity contribution >= 4 is 16.0 Å². The zero-order valence-electron chi connectivity index (χ0n) is 10.6. The third-order valence-corrected chi connectivity index (χ3v) is 4.88. The van der Waals surface area contributed by atoms with E-state index >= 15 is 0 Å². The van der Waals surface area contributed by atoms with Crippen LogP contribution >= 0.6 is 0 Å². The Morgan fingerprint density at radius 1 is 1.30 bits per heavy atom. The maximum absolute atomic E-state index is 13.3. The molecule has 20 heavy (non-hydrogen) atoms. The summed E-state index contributed by atoms with van der Waals surface area (Å²) in [6, 6.07) is 2.77. The largest absolute Gasteiger partial charge is 0.478 e. The molecular formula is C12H14FNO5S. The van der Waals surface area contributed by atoms with Gasteiger partial charge in [0, 0.05) is 19.7 Å². The van der Waals surface area contributed by atoms with Crippen LogP contribution in [-0.2, 0) is 14.8 Å². The highest BCUT2D eigenvalue weighted by Crippen LogP contribution is 2.20. The molecule has 0 bridgehead atoms. The molecule has 1 fully saturated rings. The number of sulfonamides is 1. The van der Waals surface area contributed by atoms with Gasteiger partial charge in [0.05, 0.1) is 17.1 Å². The molecule has 0 unspecified atom stereocenters. The molecule has 1 N–H and O–H groups in total. The third kappa shape index (κ3) is 2.97. The fourth-order valence-electron chi connectivity index (χ4n) is 1.94. The number of hydrogen-bond donors (Lipinski definition) is 1. The molecule has 1 aromatic carbocycles. The van der Waals surface area contributed by atoms with Crippen molar-refractivity contribution in [1.29, 1.82) is 0 Å². The lowest BCUT2D eigenvalue weighted by Gasteiger charge is -2.19. The summed E-state index contributed by atoms with van der Waals surface area (Å²) in [5.41, 5.74) is -0.655. The van der Waals surface area contributed by atoms with Crippen molar-refractivity contribution in [2.24, 2.45) is 0 Å². The van der Waals surface area contributed by atoms with Gasteiger partial charge in [-0.25, -0.2) is 17.6 Å². The minimum atomic E-state index is -3.83. The second-order valence-electron chi connectivity index (χ2n) is 4.32. The van der Waals surface area contributed by atoms with E-state index in [-0.39, 0.29) is 18.0 Å². The van der Waals surface area contributed by atoms with Gasteiger partial charge in [-0.3, -0.25) is 0 Å². The zero-order valence-corrected chi connectivity index (χ0v) is 11.4. The molecule has 0 atom stereocenters. The van der Waals surface area contributed by atoms with Crippen LogP contribution in [0.1, 0.15) is 16.8 Å². The summed E-state index contributed by atoms with van der Waals surface area (Å²) < 4.78 is 44.5. The van der Waals surface area contributed by atoms with Crippen molar-refractivity contribution in [3.05, 3.63) is 29.6 Å². The summed E-state index contributed by atoms with van der Waals surface area (Å²) in [7, 11) is -3.83. The van der Waals surface area contributed by atoms with E-state index in [0.29, 0.717) is 19.6 Å². The smallest absolute Gasteiger partial charge is 0.338 e. The van der Waals surface area contributed by atoms with Gasteiger partial charge in [0.25, 0.3) is 0 Å². The van der Waals surface area contributed by atoms with Gasteiger partial charge < -0.3 is 9.84 Å². The first-order valence-corrected chi connectivity index (χ1v) is 7.47. The second kappa shape index (κ2) is 5.86. The molecule has 0 radical (unpaired) electrons. The lowest BCUT2D eigenvalue weighted by Crippen LogP contribution is -2.33. The van der Waals surface area contributed by atoms with Crippen LogP contribution in [0.2, 0.25) is 0 Å². The maximum Gasteiger partial charge on any atom is 0.338 e. The highest BCUT2D eigenvalue weighted by Gasteiger charge is 2.27. The van der Waals surface area contributed by atoms with Crippen LogP contribution in [-0.4, -0.2) is 50.1 Å². The Bertz CT molecular complexity index is 608. The fourth-order valence-corrected chi connectivity index (χ4v) is 3.43. The highest BCUT2D eigenvalue weighted by molar-refractivity contribution is 7.89. The number of halogens is 1. The van der Waals surface area contributed by atoms with Gasteiger partial charge in [-0.15, -0.1) is 0 Å². The third-order valence-electron chi connectivity index (χ3n) is 2.99. The van der Waals surface area contributed by atoms with Crippen molar-refractivity contribution in [2.45, 2.75) is 11.3 Å². The summed E-state index contributed by atoms with van der Waals surface area (Å²) in [5, 5.41) is 8.84. The van der Waals surface area contributed by atoms with Crippen LogP contribution in [0.4, 0.5) is 4.39 Å². The quantitative estimate of drug-likeness (QED) is 0.898. The van der Waals surface area contributed by atoms with E-state index in [1.807, 2.05) is 0 Å². The monoisotopic (exact) mass is 303 g/mol. The molecule has 0 amide bonds. The summed E-state index contributed by atoms with van der Waals surface area (Å²) >= 11 is 0. The standard InChI is InChI=1S/C12H14FNO5S/c13-11-3-2-9(8-10(11)12(15)16)20(17,18)14-4-1-6-19-7-5-14/h2-3,8H,1,4-7H2,(H,15,16). The molecule has 110 valence electrons. The summed E-state index contributed by atoms with van der Waals surface area (Å²) in [4.78, 5) is 10.6. The normalized spacial score (nSPS) is 17.6. The SMILES string of the molecule is O=C(O)c1cc(S(=O)(=O)N2CCCOCC2)ccc1F. The fraction of sp³-hybridized carbons (Fsp3) is 0.417. The summed E-state index contributed by atoms with van der Waals surface area (Å²) in [5.74, 6) is -2.46. The van der Waals surface area contributed by atoms with E-state index in [9.17, 15) is 17.6 Å². The number of carboxylic acids is 1. The van der Waals surface area contributed by atoms with Gasteiger partial charge in [-0.2, -0.15) is 4.31 Å². The van der Waals surface area contributed by atoms with E-state index in [4.69, 9.17) is 9.84 Å². The minimum absolute atomic E-state index is 0.197. The number of carboxylic acid groups (broad SMARTS) is 1. The number of benzene rings is 1. The average Bonchev–Trinajstić information content (AvgIpc) is 2.67. The number of aromatic carboxylic acids is 1. The van der Waals surface area contributed by atoms with Crippen LogP contribution < -0.4 is 0 Å². The van der Waals surface area contributed by atoms with E-state index in [1.54, 1.807) is 0 Å². The van der Waals surface area contributed by atoms with Crippen molar-refractivity contribution in [1.82, 2.24) is 4.31 Å². The van der Waals surface area contributed by atoms with Gasteiger partial charge in [-0.05, 0) is 24.6 Å². The van der Waals surface area contributed by atoms with Crippen LogP contribution in [0, 0.1) is 5.82 Å². The Balaban J connectivity index is 2.38. The van der Waals surface area contributed by atoms with E-state index in [1.165, 1.54) is 4.31 Å². The number of nitrogens with zero attached hydrogens (tertiary/aromatic N) is 1. The molecule has 0 spiro atoms. The van der Waals surface area contributed by atoms with Crippen LogP contribution in [0.3, 0.4) is 0 Å². The lowest BCUT2D eigenvalue weighted by atomic mass is 10.2. The molecule has 1 aliphatic rings. The number of ether oxygens (including phenoxy) is 1. The van der Waals surface area contributed by atoms with Crippen molar-refractivity contribution in [3.63, 3.8) is 0 Å². The Morgan fingerprint density at radius 2 is 2.05 bits per heavy atom. The zero-order chi connectivity index (χ0) is 14.8. The summed E-state index contributed by atoms with van der Waals surface area (Å²) in [6.45, 7) is 1.26. The summed E-state index contributed by atoms with van der Waals surface area (Å²) in [6.07, 6.45) is 0.562. The van der Waals surface area contributed by atoms with Gasteiger partial charge in [-0.1, -0.05) is 0 Å². The molecular weight excluding hydrogens is 289 g/mol. The molecule has 1 saturated heterocycles. The first-order valence-electron chi connectivity index (χ1n) is 6.03. The van der Waals surface area contributed by atoms with Gasteiger partial charge in [0.2, 0.25) is 10.0 Å². The van der Waals surface area contributed by atoms with E-state index < -0.39 is 27.4 Å². The molecule has 2 rings (SSSR count). The van der Waals surface area contributed by atoms with E-state index in [2.05, 4.69) is 0 Å². The predicted octanol–water partition coefficient (Wildman–Crippen LogP) is 0.935. The first-order chi connectivity index (χ1) is 9.43. The molecule has 1 aromatic rings. The van der Waals surface area contributed by atoms with Crippen LogP contribution in [0.5, 0.6) is 0 Å². The highest BCUT2D eigenvalue weighted by atomic mass is 32.2. The minimum Gasteiger partial charge on any atom is -0.478 e. The number of carbonyl (C=O) groups is 1. The Labute approximate surface area is 115 Å². The first kappa shape index (κ1) is 14.9. The molecule has 1 aliphatic heterocycles. The predicted molar refractivity (Wildman–Crippen MR) is 67.6 cm³/mol. The number of rotatable bonds is 3. The van der Waals surface area contributed by atoms with Crippen molar-refractivity contribution in [3.8, 4) is 0 Å². The molecule has 0 aliphatic carbocycles. The topological polar surface area (TPSA) is 83.9 Å². The lowest BCUT2D eigenvalue weighted by molar-refractivity contribution is 0.0691. The Kier molecular flexibility index (Phi) is 4.36. The van der Waals surface area contributed by atoms with Gasteiger partial charge >= 0.3 is 5.97 Å². The molecule has 0 aromatic heterocycles. The van der Waals surface area contributed by atoms with Crippen LogP contribution in [0.25, 0.3) is 0 Å². The number of hydrogen-bond acceptors (Lipinski definition) is 4. The van der Waals surface area contributed by atoms with Gasteiger partial charge in [0.15, 0.2) is 0 Å². The second-order valence-corrected chi connectivity index (χ2v) is 6.25. The molecule has 1 heterocycles. The Morgan fingerprint density at radius 3 is 2.75 bits per heavy atom. The molecule has 8 heteroatoms. The maximum atomic E-state index is 13.3. The average molecular weight is 303 g/mol. The molecule has 0 saturated carbocycles. The van der Waals surface area contributed by atoms with Crippen molar-refractivity contribution in [2.75, 3.05) is 26.3 Å².